The molecule has 0 aliphatic rings. The third kappa shape index (κ3) is 4.06. The van der Waals surface area contributed by atoms with E-state index < -0.39 is 33.1 Å². The second kappa shape index (κ2) is 7.48. The van der Waals surface area contributed by atoms with Crippen molar-refractivity contribution >= 4 is 27.4 Å². The van der Waals surface area contributed by atoms with Crippen LogP contribution >= 0.6 is 0 Å². The topological polar surface area (TPSA) is 89.5 Å². The molecule has 2 rings (SSSR count). The molecule has 0 fully saturated rings. The molecule has 132 valence electrons. The Morgan fingerprint density at radius 1 is 1.00 bits per heavy atom. The Balaban J connectivity index is 2.43. The van der Waals surface area contributed by atoms with Crippen molar-refractivity contribution in [2.45, 2.75) is 23.5 Å². The van der Waals surface area contributed by atoms with Crippen LogP contribution in [0.5, 0.6) is 0 Å². The maximum atomic E-state index is 13.0. The first-order valence-electron chi connectivity index (χ1n) is 7.57. The molecule has 0 aromatic heterocycles. The van der Waals surface area contributed by atoms with Gasteiger partial charge in [0.15, 0.2) is 14.6 Å². The number of carbonyl (C=O) groups excluding carboxylic acids is 2. The lowest BCUT2D eigenvalue weighted by Crippen LogP contribution is -2.51. The summed E-state index contributed by atoms with van der Waals surface area (Å²) >= 11 is 0. The largest absolute Gasteiger partial charge is 0.464 e. The minimum atomic E-state index is -4.10. The molecule has 0 heterocycles. The summed E-state index contributed by atoms with van der Waals surface area (Å²) in [4.78, 5) is 24.0. The zero-order chi connectivity index (χ0) is 18.5. The fraction of sp³-hybridized carbons (Fsp3) is 0.222. The third-order valence-electron chi connectivity index (χ3n) is 3.71. The number of amides is 1. The van der Waals surface area contributed by atoms with E-state index in [0.29, 0.717) is 5.69 Å². The number of esters is 1. The highest BCUT2D eigenvalue weighted by Crippen LogP contribution is 2.28. The van der Waals surface area contributed by atoms with Crippen LogP contribution in [0.15, 0.2) is 65.6 Å². The molecule has 2 aromatic rings. The molecule has 0 radical (unpaired) electrons. The van der Waals surface area contributed by atoms with Gasteiger partial charge < -0.3 is 10.1 Å². The number of ether oxygens (including phenoxy) is 1. The summed E-state index contributed by atoms with van der Waals surface area (Å²) in [7, 11) is -4.10. The Morgan fingerprint density at radius 3 is 2.04 bits per heavy atom. The van der Waals surface area contributed by atoms with Crippen LogP contribution in [-0.2, 0) is 24.2 Å². The summed E-state index contributed by atoms with van der Waals surface area (Å²) in [6.07, 6.45) is 0. The summed E-state index contributed by atoms with van der Waals surface area (Å²) < 4.78 is 29.0. The van der Waals surface area contributed by atoms with E-state index in [-0.39, 0.29) is 4.90 Å². The predicted octanol–water partition coefficient (Wildman–Crippen LogP) is 2.42. The molecule has 0 aliphatic heterocycles. The molecular formula is C18H19NO5S. The number of nitrogens with one attached hydrogen (secondary N) is 1. The Hall–Kier alpha value is -2.67. The molecule has 7 heteroatoms. The van der Waals surface area contributed by atoms with Gasteiger partial charge >= 0.3 is 5.97 Å². The number of para-hydroxylation sites is 1. The lowest BCUT2D eigenvalue weighted by Gasteiger charge is -2.27. The van der Waals surface area contributed by atoms with Crippen LogP contribution in [0, 0.1) is 0 Å². The van der Waals surface area contributed by atoms with Crippen LogP contribution in [0.4, 0.5) is 5.69 Å². The van der Waals surface area contributed by atoms with Gasteiger partial charge in [0.1, 0.15) is 6.61 Å². The van der Waals surface area contributed by atoms with Crippen molar-refractivity contribution in [1.29, 1.82) is 0 Å². The van der Waals surface area contributed by atoms with Crippen molar-refractivity contribution in [2.24, 2.45) is 0 Å². The minimum Gasteiger partial charge on any atom is -0.464 e. The molecule has 0 saturated heterocycles. The summed E-state index contributed by atoms with van der Waals surface area (Å²) in [5.74, 6) is -1.44. The standard InChI is InChI=1S/C18H19NO5S/c1-14(20)24-13-18(2,17(21)19-15-9-5-3-6-10-15)25(22,23)16-11-7-4-8-12-16/h3-12H,13H2,1-2H3,(H,19,21)/t18-/m1/s1. The number of hydrogen-bond acceptors (Lipinski definition) is 5. The molecule has 6 nitrogen and oxygen atoms in total. The SMILES string of the molecule is CC(=O)OC[C@](C)(C(=O)Nc1ccccc1)S(=O)(=O)c1ccccc1. The van der Waals surface area contributed by atoms with Crippen LogP contribution < -0.4 is 5.32 Å². The Labute approximate surface area is 146 Å². The highest BCUT2D eigenvalue weighted by atomic mass is 32.2. The fourth-order valence-corrected chi connectivity index (χ4v) is 3.69. The molecule has 0 unspecified atom stereocenters. The predicted molar refractivity (Wildman–Crippen MR) is 93.7 cm³/mol. The summed E-state index contributed by atoms with van der Waals surface area (Å²) in [6, 6.07) is 16.1. The second-order valence-electron chi connectivity index (χ2n) is 5.65. The van der Waals surface area contributed by atoms with Crippen molar-refractivity contribution in [1.82, 2.24) is 0 Å². The summed E-state index contributed by atoms with van der Waals surface area (Å²) in [5.41, 5.74) is 0.449. The Morgan fingerprint density at radius 2 is 1.52 bits per heavy atom. The van der Waals surface area contributed by atoms with Gasteiger partial charge in [0, 0.05) is 12.6 Å². The molecule has 0 aliphatic carbocycles. The number of carbonyl (C=O) groups is 2. The van der Waals surface area contributed by atoms with Crippen molar-refractivity contribution in [3.05, 3.63) is 60.7 Å². The normalized spacial score (nSPS) is 13.5. The molecule has 0 spiro atoms. The van der Waals surface area contributed by atoms with Gasteiger partial charge in [-0.1, -0.05) is 36.4 Å². The van der Waals surface area contributed by atoms with Gasteiger partial charge in [-0.3, -0.25) is 9.59 Å². The van der Waals surface area contributed by atoms with Crippen LogP contribution in [0.2, 0.25) is 0 Å². The van der Waals surface area contributed by atoms with Crippen molar-refractivity contribution in [3.63, 3.8) is 0 Å². The van der Waals surface area contributed by atoms with Gasteiger partial charge in [-0.25, -0.2) is 8.42 Å². The number of benzene rings is 2. The van der Waals surface area contributed by atoms with Gasteiger partial charge in [0.05, 0.1) is 4.90 Å². The van der Waals surface area contributed by atoms with Gasteiger partial charge in [0.2, 0.25) is 5.91 Å². The molecule has 1 N–H and O–H groups in total. The lowest BCUT2D eigenvalue weighted by molar-refractivity contribution is -0.142. The minimum absolute atomic E-state index is 0.0205. The van der Waals surface area contributed by atoms with Gasteiger partial charge in [-0.15, -0.1) is 0 Å². The van der Waals surface area contributed by atoms with Crippen molar-refractivity contribution in [3.8, 4) is 0 Å². The Kier molecular flexibility index (Phi) is 5.58. The van der Waals surface area contributed by atoms with E-state index in [4.69, 9.17) is 4.74 Å². The first-order valence-corrected chi connectivity index (χ1v) is 9.05. The molecule has 1 atom stereocenters. The van der Waals surface area contributed by atoms with Crippen molar-refractivity contribution < 1.29 is 22.7 Å². The average Bonchev–Trinajstić information content (AvgIpc) is 2.61. The molecule has 1 amide bonds. The highest BCUT2D eigenvalue weighted by molar-refractivity contribution is 7.93. The highest BCUT2D eigenvalue weighted by Gasteiger charge is 2.48. The summed E-state index contributed by atoms with van der Waals surface area (Å²) in [6.45, 7) is 1.82. The smallest absolute Gasteiger partial charge is 0.302 e. The van der Waals surface area contributed by atoms with Crippen LogP contribution in [0.3, 0.4) is 0 Å². The summed E-state index contributed by atoms with van der Waals surface area (Å²) in [5, 5.41) is 2.57. The maximum Gasteiger partial charge on any atom is 0.302 e. The van der Waals surface area contributed by atoms with E-state index in [1.165, 1.54) is 19.1 Å². The number of rotatable bonds is 6. The molecule has 0 saturated carbocycles. The number of anilines is 1. The molecule has 2 aromatic carbocycles. The zero-order valence-corrected chi connectivity index (χ0v) is 14.7. The lowest BCUT2D eigenvalue weighted by atomic mass is 10.1. The van der Waals surface area contributed by atoms with E-state index in [1.807, 2.05) is 0 Å². The Bertz CT molecular complexity index is 850. The molecular weight excluding hydrogens is 342 g/mol. The molecule has 25 heavy (non-hydrogen) atoms. The van der Waals surface area contributed by atoms with E-state index >= 15 is 0 Å². The maximum absolute atomic E-state index is 13.0. The quantitative estimate of drug-likeness (QED) is 0.798. The van der Waals surface area contributed by atoms with Gasteiger partial charge in [0.25, 0.3) is 0 Å². The fourth-order valence-electron chi connectivity index (χ4n) is 2.15. The van der Waals surface area contributed by atoms with Gasteiger partial charge in [-0.2, -0.15) is 0 Å². The van der Waals surface area contributed by atoms with Crippen LogP contribution in [0.25, 0.3) is 0 Å². The molecule has 0 bridgehead atoms. The van der Waals surface area contributed by atoms with E-state index in [9.17, 15) is 18.0 Å². The first kappa shape index (κ1) is 18.7. The van der Waals surface area contributed by atoms with E-state index in [1.54, 1.807) is 48.5 Å². The second-order valence-corrected chi connectivity index (χ2v) is 8.03. The van der Waals surface area contributed by atoms with Crippen LogP contribution in [0.1, 0.15) is 13.8 Å². The van der Waals surface area contributed by atoms with Gasteiger partial charge in [-0.05, 0) is 31.2 Å². The van der Waals surface area contributed by atoms with E-state index in [0.717, 1.165) is 6.92 Å². The number of sulfone groups is 1. The average molecular weight is 361 g/mol. The zero-order valence-electron chi connectivity index (χ0n) is 13.9. The van der Waals surface area contributed by atoms with Crippen molar-refractivity contribution in [2.75, 3.05) is 11.9 Å². The van der Waals surface area contributed by atoms with E-state index in [2.05, 4.69) is 5.32 Å². The van der Waals surface area contributed by atoms with Crippen LogP contribution in [-0.4, -0.2) is 31.6 Å². The third-order valence-corrected chi connectivity index (χ3v) is 6.09. The first-order chi connectivity index (χ1) is 11.8. The monoisotopic (exact) mass is 361 g/mol. The number of hydrogen-bond donors (Lipinski definition) is 1.